The van der Waals surface area contributed by atoms with E-state index in [2.05, 4.69) is 15.6 Å². The largest absolute Gasteiger partial charge is 0.380 e. The van der Waals surface area contributed by atoms with Gasteiger partial charge in [-0.1, -0.05) is 29.8 Å². The maximum Gasteiger partial charge on any atom is 0.191 e. The van der Waals surface area contributed by atoms with E-state index in [1.165, 1.54) is 0 Å². The van der Waals surface area contributed by atoms with E-state index >= 15 is 0 Å². The Bertz CT molecular complexity index is 396. The quantitative estimate of drug-likeness (QED) is 0.459. The van der Waals surface area contributed by atoms with Crippen LogP contribution in [0.5, 0.6) is 0 Å². The molecule has 2 N–H and O–H groups in total. The van der Waals surface area contributed by atoms with E-state index in [1.54, 1.807) is 0 Å². The van der Waals surface area contributed by atoms with Crippen LogP contribution in [-0.2, 0) is 11.3 Å². The van der Waals surface area contributed by atoms with Crippen LogP contribution >= 0.6 is 11.6 Å². The van der Waals surface area contributed by atoms with Crippen LogP contribution in [-0.4, -0.2) is 32.3 Å². The number of hydrogen-bond acceptors (Lipinski definition) is 2. The molecule has 0 bridgehead atoms. The van der Waals surface area contributed by atoms with Crippen LogP contribution in [0.4, 0.5) is 0 Å². The van der Waals surface area contributed by atoms with Gasteiger partial charge in [0.2, 0.25) is 0 Å². The second kappa shape index (κ2) is 9.64. The first-order valence-electron chi connectivity index (χ1n) is 6.61. The third-order valence-corrected chi connectivity index (χ3v) is 2.82. The SMILES string of the molecule is CCNC(=NCc1ccccc1Cl)NCCOCC. The van der Waals surface area contributed by atoms with Crippen molar-refractivity contribution in [3.63, 3.8) is 0 Å². The molecule has 0 fully saturated rings. The van der Waals surface area contributed by atoms with Crippen molar-refractivity contribution in [1.82, 2.24) is 10.6 Å². The van der Waals surface area contributed by atoms with E-state index in [-0.39, 0.29) is 0 Å². The molecule has 1 rings (SSSR count). The Morgan fingerprint density at radius 2 is 2.05 bits per heavy atom. The Morgan fingerprint density at radius 1 is 1.26 bits per heavy atom. The number of ether oxygens (including phenoxy) is 1. The topological polar surface area (TPSA) is 45.7 Å². The molecular formula is C14H22ClN3O. The van der Waals surface area contributed by atoms with Gasteiger partial charge in [-0.15, -0.1) is 0 Å². The number of halogens is 1. The molecule has 19 heavy (non-hydrogen) atoms. The van der Waals surface area contributed by atoms with Crippen LogP contribution in [0.1, 0.15) is 19.4 Å². The molecule has 0 saturated carbocycles. The van der Waals surface area contributed by atoms with E-state index in [4.69, 9.17) is 16.3 Å². The number of rotatable bonds is 7. The summed E-state index contributed by atoms with van der Waals surface area (Å²) < 4.78 is 5.28. The summed E-state index contributed by atoms with van der Waals surface area (Å²) in [6, 6.07) is 7.74. The highest BCUT2D eigenvalue weighted by atomic mass is 35.5. The summed E-state index contributed by atoms with van der Waals surface area (Å²) >= 11 is 6.10. The fourth-order valence-electron chi connectivity index (χ4n) is 1.52. The molecule has 106 valence electrons. The zero-order chi connectivity index (χ0) is 13.9. The molecule has 0 radical (unpaired) electrons. The smallest absolute Gasteiger partial charge is 0.191 e. The molecule has 0 aromatic heterocycles. The second-order valence-electron chi connectivity index (χ2n) is 3.91. The Morgan fingerprint density at radius 3 is 2.74 bits per heavy atom. The van der Waals surface area contributed by atoms with Crippen molar-refractivity contribution in [2.75, 3.05) is 26.3 Å². The minimum atomic E-state index is 0.559. The van der Waals surface area contributed by atoms with Crippen LogP contribution in [0.3, 0.4) is 0 Å². The van der Waals surface area contributed by atoms with Gasteiger partial charge in [0, 0.05) is 24.7 Å². The number of aliphatic imine (C=N–C) groups is 1. The van der Waals surface area contributed by atoms with Crippen molar-refractivity contribution in [1.29, 1.82) is 0 Å². The van der Waals surface area contributed by atoms with Gasteiger partial charge in [-0.25, -0.2) is 4.99 Å². The van der Waals surface area contributed by atoms with E-state index < -0.39 is 0 Å². The molecule has 0 aliphatic heterocycles. The first-order chi connectivity index (χ1) is 9.27. The zero-order valence-corrected chi connectivity index (χ0v) is 12.3. The van der Waals surface area contributed by atoms with Crippen molar-refractivity contribution in [3.05, 3.63) is 34.9 Å². The highest BCUT2D eigenvalue weighted by Crippen LogP contribution is 2.15. The van der Waals surface area contributed by atoms with E-state index in [0.717, 1.165) is 36.2 Å². The van der Waals surface area contributed by atoms with Gasteiger partial charge < -0.3 is 15.4 Å². The summed E-state index contributed by atoms with van der Waals surface area (Å²) in [7, 11) is 0. The third kappa shape index (κ3) is 6.45. The first-order valence-corrected chi connectivity index (χ1v) is 6.99. The predicted molar refractivity (Wildman–Crippen MR) is 80.8 cm³/mol. The van der Waals surface area contributed by atoms with Crippen LogP contribution in [0.15, 0.2) is 29.3 Å². The minimum absolute atomic E-state index is 0.559. The Kier molecular flexibility index (Phi) is 8.02. The Labute approximate surface area is 120 Å². The van der Waals surface area contributed by atoms with Gasteiger partial charge in [0.15, 0.2) is 5.96 Å². The molecule has 0 atom stereocenters. The lowest BCUT2D eigenvalue weighted by molar-refractivity contribution is 0.152. The van der Waals surface area contributed by atoms with Gasteiger partial charge in [-0.2, -0.15) is 0 Å². The van der Waals surface area contributed by atoms with Gasteiger partial charge in [-0.05, 0) is 25.5 Å². The monoisotopic (exact) mass is 283 g/mol. The predicted octanol–water partition coefficient (Wildman–Crippen LogP) is 2.43. The van der Waals surface area contributed by atoms with Gasteiger partial charge in [-0.3, -0.25) is 0 Å². The molecule has 0 aliphatic carbocycles. The fourth-order valence-corrected chi connectivity index (χ4v) is 1.71. The summed E-state index contributed by atoms with van der Waals surface area (Å²) in [4.78, 5) is 4.50. The summed E-state index contributed by atoms with van der Waals surface area (Å²) in [6.45, 7) is 7.54. The summed E-state index contributed by atoms with van der Waals surface area (Å²) in [5.74, 6) is 0.780. The van der Waals surface area contributed by atoms with Crippen molar-refractivity contribution in [2.24, 2.45) is 4.99 Å². The van der Waals surface area contributed by atoms with Crippen LogP contribution in [0, 0.1) is 0 Å². The van der Waals surface area contributed by atoms with Gasteiger partial charge in [0.1, 0.15) is 0 Å². The Hall–Kier alpha value is -1.26. The van der Waals surface area contributed by atoms with Crippen LogP contribution in [0.2, 0.25) is 5.02 Å². The average Bonchev–Trinajstić information content (AvgIpc) is 2.42. The lowest BCUT2D eigenvalue weighted by Crippen LogP contribution is -2.39. The number of benzene rings is 1. The average molecular weight is 284 g/mol. The lowest BCUT2D eigenvalue weighted by atomic mass is 10.2. The molecule has 4 nitrogen and oxygen atoms in total. The van der Waals surface area contributed by atoms with Crippen molar-refractivity contribution >= 4 is 17.6 Å². The number of hydrogen-bond donors (Lipinski definition) is 2. The van der Waals surface area contributed by atoms with Gasteiger partial charge >= 0.3 is 0 Å². The molecule has 0 heterocycles. The van der Waals surface area contributed by atoms with Gasteiger partial charge in [0.25, 0.3) is 0 Å². The molecule has 1 aromatic carbocycles. The standard InChI is InChI=1S/C14H22ClN3O/c1-3-16-14(17-9-10-19-4-2)18-11-12-7-5-6-8-13(12)15/h5-8H,3-4,9-11H2,1-2H3,(H2,16,17,18). The van der Waals surface area contributed by atoms with E-state index in [9.17, 15) is 0 Å². The van der Waals surface area contributed by atoms with Crippen molar-refractivity contribution in [2.45, 2.75) is 20.4 Å². The number of guanidine groups is 1. The maximum absolute atomic E-state index is 6.10. The first kappa shape index (κ1) is 15.8. The molecule has 0 aliphatic rings. The summed E-state index contributed by atoms with van der Waals surface area (Å²) in [6.07, 6.45) is 0. The third-order valence-electron chi connectivity index (χ3n) is 2.45. The highest BCUT2D eigenvalue weighted by molar-refractivity contribution is 6.31. The van der Waals surface area contributed by atoms with E-state index in [1.807, 2.05) is 38.1 Å². The minimum Gasteiger partial charge on any atom is -0.380 e. The Balaban J connectivity index is 2.50. The maximum atomic E-state index is 6.10. The number of nitrogens with one attached hydrogen (secondary N) is 2. The number of nitrogens with zero attached hydrogens (tertiary/aromatic N) is 1. The van der Waals surface area contributed by atoms with Crippen molar-refractivity contribution in [3.8, 4) is 0 Å². The molecule has 1 aromatic rings. The van der Waals surface area contributed by atoms with Crippen LogP contribution < -0.4 is 10.6 Å². The molecular weight excluding hydrogens is 262 g/mol. The molecule has 0 saturated heterocycles. The summed E-state index contributed by atoms with van der Waals surface area (Å²) in [5, 5.41) is 7.15. The summed E-state index contributed by atoms with van der Waals surface area (Å²) in [5.41, 5.74) is 1.02. The molecule has 0 unspecified atom stereocenters. The van der Waals surface area contributed by atoms with Crippen molar-refractivity contribution < 1.29 is 4.74 Å². The normalized spacial score (nSPS) is 11.4. The van der Waals surface area contributed by atoms with E-state index in [0.29, 0.717) is 13.2 Å². The second-order valence-corrected chi connectivity index (χ2v) is 4.32. The molecule has 0 spiro atoms. The fraction of sp³-hybridized carbons (Fsp3) is 0.500. The zero-order valence-electron chi connectivity index (χ0n) is 11.6. The molecule has 0 amide bonds. The van der Waals surface area contributed by atoms with Crippen LogP contribution in [0.25, 0.3) is 0 Å². The van der Waals surface area contributed by atoms with Gasteiger partial charge in [0.05, 0.1) is 13.2 Å². The lowest BCUT2D eigenvalue weighted by Gasteiger charge is -2.11. The molecule has 5 heteroatoms. The highest BCUT2D eigenvalue weighted by Gasteiger charge is 2.00.